The lowest BCUT2D eigenvalue weighted by Crippen LogP contribution is -2.38. The lowest BCUT2D eigenvalue weighted by atomic mass is 9.90. The van der Waals surface area contributed by atoms with Crippen molar-refractivity contribution in [2.75, 3.05) is 12.3 Å². The van der Waals surface area contributed by atoms with Crippen LogP contribution in [0.25, 0.3) is 0 Å². The van der Waals surface area contributed by atoms with E-state index < -0.39 is 17.4 Å². The van der Waals surface area contributed by atoms with Crippen molar-refractivity contribution in [1.29, 1.82) is 0 Å². The van der Waals surface area contributed by atoms with Crippen LogP contribution in [0.4, 0.5) is 10.6 Å². The topological polar surface area (TPSA) is 130 Å². The van der Waals surface area contributed by atoms with Crippen molar-refractivity contribution in [3.63, 3.8) is 0 Å². The molecule has 0 bridgehead atoms. The highest BCUT2D eigenvalue weighted by Gasteiger charge is 2.26. The fourth-order valence-corrected chi connectivity index (χ4v) is 1.34. The summed E-state index contributed by atoms with van der Waals surface area (Å²) in [6.07, 6.45) is 3.19. The van der Waals surface area contributed by atoms with Gasteiger partial charge in [0.1, 0.15) is 12.1 Å². The molecular formula is C12H19N5O3. The maximum atomic E-state index is 11.5. The summed E-state index contributed by atoms with van der Waals surface area (Å²) in [6, 6.07) is -0.394. The zero-order chi connectivity index (χ0) is 15.2. The standard InChI is InChI=1S/C12H19N5O3/c1-12(2,10(18)19)3-4-15-11(20)16-6-8-5-14-7-17-9(8)13/h5,7H,3-4,6H2,1-2H3,(H,18,19)(H2,13,14,17)(H2,15,16,20). The molecule has 0 aromatic carbocycles. The summed E-state index contributed by atoms with van der Waals surface area (Å²) in [4.78, 5) is 30.0. The number of carbonyl (C=O) groups is 2. The van der Waals surface area contributed by atoms with E-state index in [9.17, 15) is 9.59 Å². The van der Waals surface area contributed by atoms with E-state index in [4.69, 9.17) is 10.8 Å². The van der Waals surface area contributed by atoms with E-state index in [2.05, 4.69) is 20.6 Å². The van der Waals surface area contributed by atoms with Crippen molar-refractivity contribution in [2.45, 2.75) is 26.8 Å². The minimum atomic E-state index is -0.895. The Morgan fingerprint density at radius 1 is 1.40 bits per heavy atom. The van der Waals surface area contributed by atoms with Crippen molar-refractivity contribution >= 4 is 17.8 Å². The SMILES string of the molecule is CC(C)(CCNC(=O)NCc1cncnc1N)C(=O)O. The number of amides is 2. The minimum Gasteiger partial charge on any atom is -0.481 e. The summed E-state index contributed by atoms with van der Waals surface area (Å²) in [6.45, 7) is 3.70. The Morgan fingerprint density at radius 3 is 2.70 bits per heavy atom. The molecule has 0 aliphatic carbocycles. The van der Waals surface area contributed by atoms with Crippen molar-refractivity contribution < 1.29 is 14.7 Å². The first kappa shape index (κ1) is 15.7. The zero-order valence-corrected chi connectivity index (χ0v) is 11.5. The van der Waals surface area contributed by atoms with Crippen LogP contribution >= 0.6 is 0 Å². The van der Waals surface area contributed by atoms with Crippen LogP contribution in [-0.2, 0) is 11.3 Å². The predicted molar refractivity (Wildman–Crippen MR) is 72.7 cm³/mol. The number of carboxylic acid groups (broad SMARTS) is 1. The highest BCUT2D eigenvalue weighted by molar-refractivity contribution is 5.75. The molecule has 0 atom stereocenters. The molecule has 0 saturated heterocycles. The van der Waals surface area contributed by atoms with Gasteiger partial charge in [-0.05, 0) is 20.3 Å². The molecule has 110 valence electrons. The molecule has 1 aromatic rings. The van der Waals surface area contributed by atoms with Gasteiger partial charge in [0.05, 0.1) is 5.41 Å². The van der Waals surface area contributed by atoms with Crippen LogP contribution in [0.2, 0.25) is 0 Å². The van der Waals surface area contributed by atoms with Crippen molar-refractivity contribution in [2.24, 2.45) is 5.41 Å². The van der Waals surface area contributed by atoms with Gasteiger partial charge in [-0.25, -0.2) is 14.8 Å². The maximum absolute atomic E-state index is 11.5. The van der Waals surface area contributed by atoms with Gasteiger partial charge in [0.2, 0.25) is 0 Å². The molecule has 20 heavy (non-hydrogen) atoms. The van der Waals surface area contributed by atoms with Gasteiger partial charge < -0.3 is 21.5 Å². The summed E-state index contributed by atoms with van der Waals surface area (Å²) in [5.74, 6) is -0.582. The number of nitrogens with zero attached hydrogens (tertiary/aromatic N) is 2. The lowest BCUT2D eigenvalue weighted by Gasteiger charge is -2.19. The van der Waals surface area contributed by atoms with E-state index in [0.717, 1.165) is 0 Å². The van der Waals surface area contributed by atoms with Crippen LogP contribution in [0.3, 0.4) is 0 Å². The fraction of sp³-hybridized carbons (Fsp3) is 0.500. The molecule has 8 nitrogen and oxygen atoms in total. The Kier molecular flexibility index (Phi) is 5.24. The van der Waals surface area contributed by atoms with Gasteiger partial charge >= 0.3 is 12.0 Å². The third-order valence-corrected chi connectivity index (χ3v) is 2.88. The molecule has 0 unspecified atom stereocenters. The van der Waals surface area contributed by atoms with Gasteiger partial charge in [0, 0.05) is 24.8 Å². The van der Waals surface area contributed by atoms with Crippen LogP contribution in [0.5, 0.6) is 0 Å². The summed E-state index contributed by atoms with van der Waals surface area (Å²) >= 11 is 0. The molecule has 8 heteroatoms. The first-order valence-electron chi connectivity index (χ1n) is 6.12. The number of nitrogen functional groups attached to an aromatic ring is 1. The van der Waals surface area contributed by atoms with Crippen molar-refractivity contribution in [1.82, 2.24) is 20.6 Å². The molecule has 1 rings (SSSR count). The minimum absolute atomic E-state index is 0.209. The number of hydrogen-bond acceptors (Lipinski definition) is 5. The number of nitrogens with one attached hydrogen (secondary N) is 2. The molecule has 0 aliphatic rings. The smallest absolute Gasteiger partial charge is 0.315 e. The number of urea groups is 1. The molecule has 0 saturated carbocycles. The van der Waals surface area contributed by atoms with Crippen LogP contribution in [0.15, 0.2) is 12.5 Å². The van der Waals surface area contributed by atoms with Crippen LogP contribution in [0, 0.1) is 5.41 Å². The van der Waals surface area contributed by atoms with Gasteiger partial charge in [-0.1, -0.05) is 0 Å². The monoisotopic (exact) mass is 281 g/mol. The average molecular weight is 281 g/mol. The third kappa shape index (κ3) is 4.71. The predicted octanol–water partition coefficient (Wildman–Crippen LogP) is 0.359. The second-order valence-electron chi connectivity index (χ2n) is 4.98. The van der Waals surface area contributed by atoms with E-state index in [1.807, 2.05) is 0 Å². The number of rotatable bonds is 6. The maximum Gasteiger partial charge on any atom is 0.315 e. The quantitative estimate of drug-likeness (QED) is 0.595. The zero-order valence-electron chi connectivity index (χ0n) is 11.5. The molecule has 0 fully saturated rings. The largest absolute Gasteiger partial charge is 0.481 e. The summed E-state index contributed by atoms with van der Waals surface area (Å²) in [5.41, 5.74) is 5.36. The number of anilines is 1. The summed E-state index contributed by atoms with van der Waals surface area (Å²) in [5, 5.41) is 14.1. The normalized spacial score (nSPS) is 10.9. The van der Waals surface area contributed by atoms with Gasteiger partial charge in [-0.15, -0.1) is 0 Å². The van der Waals surface area contributed by atoms with E-state index in [1.54, 1.807) is 13.8 Å². The number of aromatic nitrogens is 2. The van der Waals surface area contributed by atoms with Gasteiger partial charge in [-0.3, -0.25) is 4.79 Å². The number of nitrogens with two attached hydrogens (primary N) is 1. The van der Waals surface area contributed by atoms with Gasteiger partial charge in [0.15, 0.2) is 0 Å². The molecule has 0 aliphatic heterocycles. The second kappa shape index (κ2) is 6.69. The molecular weight excluding hydrogens is 262 g/mol. The number of carboxylic acids is 1. The van der Waals surface area contributed by atoms with E-state index >= 15 is 0 Å². The van der Waals surface area contributed by atoms with E-state index in [1.165, 1.54) is 12.5 Å². The summed E-state index contributed by atoms with van der Waals surface area (Å²) < 4.78 is 0. The average Bonchev–Trinajstić information content (AvgIpc) is 2.37. The second-order valence-corrected chi connectivity index (χ2v) is 4.98. The first-order chi connectivity index (χ1) is 9.33. The number of aliphatic carboxylic acids is 1. The Balaban J connectivity index is 2.31. The lowest BCUT2D eigenvalue weighted by molar-refractivity contribution is -0.147. The van der Waals surface area contributed by atoms with Crippen LogP contribution < -0.4 is 16.4 Å². The highest BCUT2D eigenvalue weighted by Crippen LogP contribution is 2.19. The third-order valence-electron chi connectivity index (χ3n) is 2.88. The molecule has 0 radical (unpaired) electrons. The van der Waals surface area contributed by atoms with Crippen molar-refractivity contribution in [3.8, 4) is 0 Å². The highest BCUT2D eigenvalue weighted by atomic mass is 16.4. The van der Waals surface area contributed by atoms with Crippen LogP contribution in [-0.4, -0.2) is 33.6 Å². The molecule has 2 amide bonds. The van der Waals surface area contributed by atoms with Gasteiger partial charge in [0.25, 0.3) is 0 Å². The molecule has 0 spiro atoms. The van der Waals surface area contributed by atoms with Crippen LogP contribution in [0.1, 0.15) is 25.8 Å². The first-order valence-corrected chi connectivity index (χ1v) is 6.12. The Bertz CT molecular complexity index is 490. The van der Waals surface area contributed by atoms with Crippen molar-refractivity contribution in [3.05, 3.63) is 18.1 Å². The van der Waals surface area contributed by atoms with Gasteiger partial charge in [-0.2, -0.15) is 0 Å². The number of hydrogen-bond donors (Lipinski definition) is 4. The molecule has 1 aromatic heterocycles. The Morgan fingerprint density at radius 2 is 2.10 bits per heavy atom. The number of carbonyl (C=O) groups excluding carboxylic acids is 1. The Hall–Kier alpha value is -2.38. The van der Waals surface area contributed by atoms with E-state index in [0.29, 0.717) is 17.8 Å². The Labute approximate surface area is 116 Å². The van der Waals surface area contributed by atoms with E-state index in [-0.39, 0.29) is 13.1 Å². The molecule has 5 N–H and O–H groups in total. The molecule has 1 heterocycles. The summed E-state index contributed by atoms with van der Waals surface area (Å²) in [7, 11) is 0. The fourth-order valence-electron chi connectivity index (χ4n) is 1.34.